The van der Waals surface area contributed by atoms with Crippen LogP contribution in [0.25, 0.3) is 11.1 Å². The zero-order valence-electron chi connectivity index (χ0n) is 15.1. The molecule has 0 aliphatic carbocycles. The van der Waals surface area contributed by atoms with E-state index in [0.29, 0.717) is 30.7 Å². The molecule has 3 aromatic rings. The van der Waals surface area contributed by atoms with Gasteiger partial charge in [0.25, 0.3) is 0 Å². The number of carbonyl (C=O) groups excluding carboxylic acids is 1. The molecule has 0 bridgehead atoms. The normalized spacial score (nSPS) is 14.0. The molecule has 0 saturated carbocycles. The minimum Gasteiger partial charge on any atom is -0.408 e. The third-order valence-electron chi connectivity index (χ3n) is 4.82. The number of oxazole rings is 1. The van der Waals surface area contributed by atoms with E-state index in [1.165, 1.54) is 12.8 Å². The summed E-state index contributed by atoms with van der Waals surface area (Å²) < 4.78 is 6.76. The summed E-state index contributed by atoms with van der Waals surface area (Å²) in [4.78, 5) is 30.8. The molecule has 3 heterocycles. The standard InChI is InChI=1S/C20H22N4O3/c25-19(22-15-9-10-18(21-14-15)23-11-3-4-12-23)8-5-13-24-16-6-1-2-7-17(16)27-20(24)26/h1-2,6-7,9-10,14H,3-5,8,11-13H2,(H,22,25). The smallest absolute Gasteiger partial charge is 0.408 e. The summed E-state index contributed by atoms with van der Waals surface area (Å²) in [5, 5.41) is 2.86. The van der Waals surface area contributed by atoms with Crippen LogP contribution in [0.1, 0.15) is 25.7 Å². The van der Waals surface area contributed by atoms with Crippen molar-refractivity contribution in [1.82, 2.24) is 9.55 Å². The first kappa shape index (κ1) is 17.3. The van der Waals surface area contributed by atoms with Crippen LogP contribution in [0.2, 0.25) is 0 Å². The molecule has 1 aliphatic rings. The van der Waals surface area contributed by atoms with Crippen molar-refractivity contribution in [3.8, 4) is 0 Å². The van der Waals surface area contributed by atoms with Gasteiger partial charge in [0.1, 0.15) is 5.82 Å². The van der Waals surface area contributed by atoms with Crippen LogP contribution in [0.4, 0.5) is 11.5 Å². The van der Waals surface area contributed by atoms with Crippen molar-refractivity contribution < 1.29 is 9.21 Å². The number of hydrogen-bond acceptors (Lipinski definition) is 5. The van der Waals surface area contributed by atoms with Gasteiger partial charge in [-0.1, -0.05) is 12.1 Å². The Morgan fingerprint density at radius 3 is 2.74 bits per heavy atom. The molecular formula is C20H22N4O3. The summed E-state index contributed by atoms with van der Waals surface area (Å²) in [6, 6.07) is 11.1. The molecule has 1 fully saturated rings. The number of hydrogen-bond donors (Lipinski definition) is 1. The average molecular weight is 366 g/mol. The highest BCUT2D eigenvalue weighted by atomic mass is 16.4. The molecule has 4 rings (SSSR count). The molecule has 1 saturated heterocycles. The number of para-hydroxylation sites is 2. The lowest BCUT2D eigenvalue weighted by Crippen LogP contribution is -2.19. The summed E-state index contributed by atoms with van der Waals surface area (Å²) in [7, 11) is 0. The number of amides is 1. The molecule has 7 nitrogen and oxygen atoms in total. The number of carbonyl (C=O) groups is 1. The van der Waals surface area contributed by atoms with Crippen LogP contribution in [0.5, 0.6) is 0 Å². The monoisotopic (exact) mass is 366 g/mol. The van der Waals surface area contributed by atoms with Crippen LogP contribution in [-0.2, 0) is 11.3 Å². The number of fused-ring (bicyclic) bond motifs is 1. The SMILES string of the molecule is O=C(CCCn1c(=O)oc2ccccc21)Nc1ccc(N2CCCC2)nc1. The topological polar surface area (TPSA) is 80.4 Å². The molecular weight excluding hydrogens is 344 g/mol. The van der Waals surface area contributed by atoms with Crippen LogP contribution in [0.3, 0.4) is 0 Å². The highest BCUT2D eigenvalue weighted by Gasteiger charge is 2.13. The predicted molar refractivity (Wildman–Crippen MR) is 104 cm³/mol. The van der Waals surface area contributed by atoms with Gasteiger partial charge in [-0.05, 0) is 43.5 Å². The third kappa shape index (κ3) is 3.86. The fourth-order valence-corrected chi connectivity index (χ4v) is 3.44. The van der Waals surface area contributed by atoms with Crippen LogP contribution in [0.15, 0.2) is 51.8 Å². The molecule has 1 amide bonds. The van der Waals surface area contributed by atoms with E-state index in [0.717, 1.165) is 24.4 Å². The third-order valence-corrected chi connectivity index (χ3v) is 4.82. The van der Waals surface area contributed by atoms with Crippen LogP contribution >= 0.6 is 0 Å². The lowest BCUT2D eigenvalue weighted by molar-refractivity contribution is -0.116. The van der Waals surface area contributed by atoms with E-state index in [4.69, 9.17) is 4.42 Å². The van der Waals surface area contributed by atoms with Gasteiger partial charge >= 0.3 is 5.76 Å². The molecule has 140 valence electrons. The predicted octanol–water partition coefficient (Wildman–Crippen LogP) is 3.01. The Labute approximate surface area is 156 Å². The zero-order chi connectivity index (χ0) is 18.6. The van der Waals surface area contributed by atoms with Crippen LogP contribution < -0.4 is 16.0 Å². The summed E-state index contributed by atoms with van der Waals surface area (Å²) in [5.41, 5.74) is 2.01. The largest absolute Gasteiger partial charge is 0.419 e. The van der Waals surface area contributed by atoms with Gasteiger partial charge in [0.2, 0.25) is 5.91 Å². The van der Waals surface area contributed by atoms with Gasteiger partial charge in [-0.15, -0.1) is 0 Å². The Bertz CT molecular complexity index is 984. The molecule has 1 aliphatic heterocycles. The lowest BCUT2D eigenvalue weighted by Gasteiger charge is -2.16. The minimum atomic E-state index is -0.390. The first-order valence-electron chi connectivity index (χ1n) is 9.30. The Morgan fingerprint density at radius 1 is 1.15 bits per heavy atom. The van der Waals surface area contributed by atoms with Gasteiger partial charge in [0.05, 0.1) is 17.4 Å². The second-order valence-electron chi connectivity index (χ2n) is 6.74. The average Bonchev–Trinajstić information content (AvgIpc) is 3.31. The van der Waals surface area contributed by atoms with Gasteiger partial charge in [-0.3, -0.25) is 9.36 Å². The van der Waals surface area contributed by atoms with E-state index in [1.807, 2.05) is 30.3 Å². The van der Waals surface area contributed by atoms with Crippen molar-refractivity contribution in [3.63, 3.8) is 0 Å². The highest BCUT2D eigenvalue weighted by molar-refractivity contribution is 5.90. The molecule has 1 N–H and O–H groups in total. The maximum absolute atomic E-state index is 12.2. The lowest BCUT2D eigenvalue weighted by atomic mass is 10.2. The fraction of sp³-hybridized carbons (Fsp3) is 0.350. The number of nitrogens with one attached hydrogen (secondary N) is 1. The Morgan fingerprint density at radius 2 is 1.96 bits per heavy atom. The molecule has 0 radical (unpaired) electrons. The van der Waals surface area contributed by atoms with E-state index >= 15 is 0 Å². The van der Waals surface area contributed by atoms with E-state index in [-0.39, 0.29) is 5.91 Å². The number of benzene rings is 1. The van der Waals surface area contributed by atoms with Crippen LogP contribution in [0, 0.1) is 0 Å². The number of aromatic nitrogens is 2. The van der Waals surface area contributed by atoms with Gasteiger partial charge in [0.15, 0.2) is 5.58 Å². The number of rotatable bonds is 6. The maximum Gasteiger partial charge on any atom is 0.419 e. The molecule has 0 spiro atoms. The molecule has 0 unspecified atom stereocenters. The summed E-state index contributed by atoms with van der Waals surface area (Å²) in [5.74, 6) is 0.474. The van der Waals surface area contributed by atoms with Crippen molar-refractivity contribution >= 4 is 28.5 Å². The van der Waals surface area contributed by atoms with Crippen molar-refractivity contribution in [2.75, 3.05) is 23.3 Å². The number of pyridine rings is 1. The number of aryl methyl sites for hydroxylation is 1. The number of nitrogens with zero attached hydrogens (tertiary/aromatic N) is 3. The quantitative estimate of drug-likeness (QED) is 0.725. The fourth-order valence-electron chi connectivity index (χ4n) is 3.44. The van der Waals surface area contributed by atoms with Gasteiger partial charge in [-0.2, -0.15) is 0 Å². The Balaban J connectivity index is 1.30. The van der Waals surface area contributed by atoms with Crippen molar-refractivity contribution in [3.05, 3.63) is 53.1 Å². The first-order chi connectivity index (χ1) is 13.2. The number of anilines is 2. The van der Waals surface area contributed by atoms with Gasteiger partial charge in [-0.25, -0.2) is 9.78 Å². The second-order valence-corrected chi connectivity index (χ2v) is 6.74. The molecule has 7 heteroatoms. The molecule has 1 aromatic carbocycles. The second kappa shape index (κ2) is 7.65. The van der Waals surface area contributed by atoms with E-state index in [1.54, 1.807) is 16.8 Å². The van der Waals surface area contributed by atoms with Crippen LogP contribution in [-0.4, -0.2) is 28.5 Å². The van der Waals surface area contributed by atoms with Crippen molar-refractivity contribution in [1.29, 1.82) is 0 Å². The summed E-state index contributed by atoms with van der Waals surface area (Å²) in [6.07, 6.45) is 4.97. The summed E-state index contributed by atoms with van der Waals surface area (Å²) >= 11 is 0. The highest BCUT2D eigenvalue weighted by Crippen LogP contribution is 2.19. The molecule has 0 atom stereocenters. The van der Waals surface area contributed by atoms with Gasteiger partial charge in [0, 0.05) is 26.1 Å². The van der Waals surface area contributed by atoms with Crippen molar-refractivity contribution in [2.45, 2.75) is 32.2 Å². The zero-order valence-corrected chi connectivity index (χ0v) is 15.1. The minimum absolute atomic E-state index is 0.0911. The summed E-state index contributed by atoms with van der Waals surface area (Å²) in [6.45, 7) is 2.52. The maximum atomic E-state index is 12.2. The van der Waals surface area contributed by atoms with E-state index in [2.05, 4.69) is 15.2 Å². The van der Waals surface area contributed by atoms with E-state index in [9.17, 15) is 9.59 Å². The van der Waals surface area contributed by atoms with Crippen molar-refractivity contribution in [2.24, 2.45) is 0 Å². The molecule has 2 aromatic heterocycles. The Hall–Kier alpha value is -3.09. The molecule has 27 heavy (non-hydrogen) atoms. The first-order valence-corrected chi connectivity index (χ1v) is 9.30. The van der Waals surface area contributed by atoms with Gasteiger partial charge < -0.3 is 14.6 Å². The Kier molecular flexibility index (Phi) is 4.91. The van der Waals surface area contributed by atoms with E-state index < -0.39 is 5.76 Å².